The first-order valence-electron chi connectivity index (χ1n) is 17.9. The SMILES string of the molecule is CC/C=C(/Nc1c(F)/c(=c2/ccc(F)c3c2=C(C#N)C(=N)S3)c(C(F)(F)F)c/c1=C(/C)N(C)C(CC)CC(C)[CH-]CC)OC.CN1CCCC1.C[O-].[CH-]=C.[K+]. The van der Waals surface area contributed by atoms with E-state index in [4.69, 9.17) is 15.3 Å². The Morgan fingerprint density at radius 1 is 1.20 bits per heavy atom. The number of rotatable bonds is 11. The summed E-state index contributed by atoms with van der Waals surface area (Å²) in [6, 6.07) is 4.61. The molecule has 1 fully saturated rings. The molecule has 0 aromatic heterocycles. The van der Waals surface area contributed by atoms with Gasteiger partial charge >= 0.3 is 57.6 Å². The number of alkyl halides is 3. The third-order valence-electron chi connectivity index (χ3n) is 9.15. The van der Waals surface area contributed by atoms with Gasteiger partial charge in [-0.2, -0.15) is 37.9 Å². The Morgan fingerprint density at radius 3 is 2.25 bits per heavy atom. The van der Waals surface area contributed by atoms with Gasteiger partial charge in [0.25, 0.3) is 0 Å². The number of ether oxygens (including phenoxy) is 1. The normalized spacial score (nSPS) is 16.0. The van der Waals surface area contributed by atoms with E-state index < -0.39 is 28.6 Å². The van der Waals surface area contributed by atoms with Crippen molar-refractivity contribution in [3.63, 3.8) is 0 Å². The van der Waals surface area contributed by atoms with E-state index in [-0.39, 0.29) is 106 Å². The van der Waals surface area contributed by atoms with Crippen LogP contribution in [-0.2, 0) is 10.9 Å². The predicted octanol–water partition coefficient (Wildman–Crippen LogP) is 5.11. The second kappa shape index (κ2) is 25.9. The number of fused-ring (bicyclic) bond motifs is 1. The molecule has 300 valence electrons. The Morgan fingerprint density at radius 2 is 1.80 bits per heavy atom. The van der Waals surface area contributed by atoms with Crippen LogP contribution in [0.15, 0.2) is 41.6 Å². The van der Waals surface area contributed by atoms with E-state index >= 15 is 4.39 Å². The molecule has 0 aliphatic carbocycles. The minimum absolute atomic E-state index is 0. The van der Waals surface area contributed by atoms with Gasteiger partial charge in [-0.15, -0.1) is 0 Å². The summed E-state index contributed by atoms with van der Waals surface area (Å²) in [7, 11) is 6.07. The van der Waals surface area contributed by atoms with Gasteiger partial charge in [-0.1, -0.05) is 51.9 Å². The number of methoxy groups -OCH3 is 1. The molecule has 0 saturated carbocycles. The summed E-state index contributed by atoms with van der Waals surface area (Å²) in [5, 5.41) is 27.2. The summed E-state index contributed by atoms with van der Waals surface area (Å²) in [5.41, 5.74) is -1.44. The summed E-state index contributed by atoms with van der Waals surface area (Å²) < 4.78 is 81.7. The van der Waals surface area contributed by atoms with Gasteiger partial charge in [-0.05, 0) is 76.2 Å². The molecule has 2 heterocycles. The molecule has 4 rings (SSSR count). The van der Waals surface area contributed by atoms with Crippen molar-refractivity contribution in [2.75, 3.05) is 46.7 Å². The summed E-state index contributed by atoms with van der Waals surface area (Å²) in [6.07, 6.45) is 4.47. The van der Waals surface area contributed by atoms with E-state index in [1.54, 1.807) is 26.1 Å². The fraction of sp³-hybridized carbons (Fsp3) is 0.488. The average molecular weight is 816 g/mol. The van der Waals surface area contributed by atoms with Crippen molar-refractivity contribution in [1.29, 1.82) is 10.7 Å². The second-order valence-electron chi connectivity index (χ2n) is 12.7. The molecule has 2 aromatic rings. The van der Waals surface area contributed by atoms with E-state index in [0.717, 1.165) is 38.2 Å². The standard InChI is InChI=1S/C33H38F5N4OS.C5H11N.C2H3.CH3O.K/c1-8-11-18(4)15-20(10-3)42(6)19(5)22-16-24(33(36,37)38)28(29(35)30(22)41-26(43-7)12-9-2)21-13-14-25(34)31-27(21)23(17-39)32(40)44-31;1-6-4-2-3-5-6;2*1-2;/h11-14,16,18,20,40-41H,8-10,15H2,1-7H3;2-5H2,1H3;1H,2H2;1H3;/q-1;;2*-1;+1/b22-19+,26-12-,28-21-,40-32?;;;;. The third-order valence-corrected chi connectivity index (χ3v) is 10.2. The minimum atomic E-state index is -5.02. The first kappa shape index (κ1) is 52.8. The maximum Gasteiger partial charge on any atom is 1.00 e. The van der Waals surface area contributed by atoms with Gasteiger partial charge in [-0.3, -0.25) is 12.0 Å². The molecule has 2 atom stereocenters. The van der Waals surface area contributed by atoms with Crippen LogP contribution in [0, 0.1) is 57.7 Å². The zero-order chi connectivity index (χ0) is 41.3. The number of nitrogens with zero attached hydrogens (tertiary/aromatic N) is 3. The number of thioether (sulfide) groups is 1. The van der Waals surface area contributed by atoms with Crippen molar-refractivity contribution >= 4 is 33.8 Å². The monoisotopic (exact) mass is 815 g/mol. The molecule has 1 saturated heterocycles. The van der Waals surface area contributed by atoms with Gasteiger partial charge in [0.05, 0.1) is 28.8 Å². The fourth-order valence-electron chi connectivity index (χ4n) is 6.39. The molecular weight excluding hydrogens is 761 g/mol. The maximum atomic E-state index is 16.9. The smallest absolute Gasteiger partial charge is 0.857 e. The quantitative estimate of drug-likeness (QED) is 0.141. The number of benzene rings is 2. The summed E-state index contributed by atoms with van der Waals surface area (Å²) in [4.78, 5) is 4.05. The summed E-state index contributed by atoms with van der Waals surface area (Å²) in [5.74, 6) is -1.65. The van der Waals surface area contributed by atoms with E-state index in [9.17, 15) is 22.8 Å². The zero-order valence-electron chi connectivity index (χ0n) is 33.9. The number of anilines is 1. The van der Waals surface area contributed by atoms with Gasteiger partial charge in [0.1, 0.15) is 16.9 Å². The summed E-state index contributed by atoms with van der Waals surface area (Å²) in [6.45, 7) is 19.3. The zero-order valence-corrected chi connectivity index (χ0v) is 37.9. The van der Waals surface area contributed by atoms with Crippen molar-refractivity contribution in [2.45, 2.75) is 90.3 Å². The van der Waals surface area contributed by atoms with Gasteiger partial charge in [0, 0.05) is 34.4 Å². The van der Waals surface area contributed by atoms with E-state index in [2.05, 4.69) is 43.8 Å². The van der Waals surface area contributed by atoms with Gasteiger partial charge < -0.3 is 38.0 Å². The molecule has 2 unspecified atom stereocenters. The Kier molecular flexibility index (Phi) is 24.9. The molecule has 2 aliphatic heterocycles. The van der Waals surface area contributed by atoms with Crippen LogP contribution in [0.1, 0.15) is 78.7 Å². The number of likely N-dealkylation sites (tertiary alicyclic amines) is 1. The topological polar surface area (TPSA) is 98.4 Å². The third kappa shape index (κ3) is 14.0. The number of allylic oxidation sites excluding steroid dienone is 1. The Bertz CT molecular complexity index is 1860. The van der Waals surface area contributed by atoms with Gasteiger partial charge in [-0.25, -0.2) is 8.78 Å². The molecule has 2 N–H and O–H groups in total. The molecule has 0 spiro atoms. The van der Waals surface area contributed by atoms with Crippen LogP contribution < -0.4 is 72.2 Å². The largest absolute Gasteiger partial charge is 1.00 e. The Hall–Kier alpha value is -2.22. The maximum absolute atomic E-state index is 16.9. The van der Waals surface area contributed by atoms with E-state index in [1.165, 1.54) is 33.0 Å². The van der Waals surface area contributed by atoms with Gasteiger partial charge in [0.2, 0.25) is 0 Å². The van der Waals surface area contributed by atoms with E-state index in [0.29, 0.717) is 30.3 Å². The van der Waals surface area contributed by atoms with Gasteiger partial charge in [0.15, 0.2) is 11.7 Å². The Labute approximate surface area is 371 Å². The molecule has 2 aliphatic rings. The Balaban J connectivity index is 0.00000234. The van der Waals surface area contributed by atoms with Crippen LogP contribution >= 0.6 is 11.8 Å². The molecular formula is C41H55F5KN5O2S-2. The molecule has 14 heteroatoms. The van der Waals surface area contributed by atoms with Crippen LogP contribution in [0.4, 0.5) is 27.6 Å². The van der Waals surface area contributed by atoms with Crippen LogP contribution in [0.2, 0.25) is 0 Å². The van der Waals surface area contributed by atoms with Crippen molar-refractivity contribution in [1.82, 2.24) is 9.80 Å². The van der Waals surface area contributed by atoms with Crippen molar-refractivity contribution in [2.24, 2.45) is 5.92 Å². The minimum Gasteiger partial charge on any atom is -0.857 e. The molecule has 0 radical (unpaired) electrons. The number of nitrogens with one attached hydrogen (secondary N) is 2. The van der Waals surface area contributed by atoms with Crippen molar-refractivity contribution in [3.8, 4) is 6.07 Å². The van der Waals surface area contributed by atoms with Crippen LogP contribution in [0.5, 0.6) is 0 Å². The summed E-state index contributed by atoms with van der Waals surface area (Å²) >= 11 is 0.616. The molecule has 0 amide bonds. The predicted molar refractivity (Wildman–Crippen MR) is 208 cm³/mol. The number of hydrogen-bond acceptors (Lipinski definition) is 8. The molecule has 7 nitrogen and oxygen atoms in total. The van der Waals surface area contributed by atoms with Crippen molar-refractivity contribution < 1.29 is 83.2 Å². The first-order valence-corrected chi connectivity index (χ1v) is 18.7. The van der Waals surface area contributed by atoms with Crippen LogP contribution in [0.25, 0.3) is 11.3 Å². The first-order chi connectivity index (χ1) is 25.6. The molecule has 0 bridgehead atoms. The molecule has 2 aromatic carbocycles. The van der Waals surface area contributed by atoms with Crippen molar-refractivity contribution in [3.05, 3.63) is 87.8 Å². The number of hydrogen-bond donors (Lipinski definition) is 2. The fourth-order valence-corrected chi connectivity index (χ4v) is 7.32. The second-order valence-corrected chi connectivity index (χ2v) is 13.7. The average Bonchev–Trinajstić information content (AvgIpc) is 3.78. The van der Waals surface area contributed by atoms with Crippen LogP contribution in [-0.4, -0.2) is 62.3 Å². The number of nitriles is 1. The van der Waals surface area contributed by atoms with Crippen LogP contribution in [0.3, 0.4) is 0 Å². The van der Waals surface area contributed by atoms with E-state index in [1.807, 2.05) is 25.7 Å². The molecule has 55 heavy (non-hydrogen) atoms. The number of halogens is 5.